The summed E-state index contributed by atoms with van der Waals surface area (Å²) in [5.74, 6) is 0. The first-order valence-electron chi connectivity index (χ1n) is 5.19. The first-order chi connectivity index (χ1) is 7.31. The van der Waals surface area contributed by atoms with Crippen molar-refractivity contribution in [1.82, 2.24) is 5.32 Å². The topological polar surface area (TPSA) is 35.8 Å². The quantitative estimate of drug-likeness (QED) is 0.787. The number of nitrogens with zero attached hydrogens (tertiary/aromatic N) is 1. The average molecular weight is 218 g/mol. The van der Waals surface area contributed by atoms with Crippen LogP contribution in [0.1, 0.15) is 29.8 Å². The molecule has 0 radical (unpaired) electrons. The van der Waals surface area contributed by atoms with Crippen LogP contribution in [-0.2, 0) is 0 Å². The van der Waals surface area contributed by atoms with Crippen molar-refractivity contribution >= 4 is 11.8 Å². The monoisotopic (exact) mass is 218 g/mol. The van der Waals surface area contributed by atoms with Crippen molar-refractivity contribution in [2.75, 3.05) is 6.54 Å². The van der Waals surface area contributed by atoms with Crippen LogP contribution in [0.5, 0.6) is 0 Å². The highest BCUT2D eigenvalue weighted by Crippen LogP contribution is 2.35. The van der Waals surface area contributed by atoms with E-state index >= 15 is 0 Å². The van der Waals surface area contributed by atoms with Gasteiger partial charge in [-0.25, -0.2) is 0 Å². The lowest BCUT2D eigenvalue weighted by Gasteiger charge is -2.28. The molecule has 0 spiro atoms. The van der Waals surface area contributed by atoms with Crippen LogP contribution in [0.25, 0.3) is 0 Å². The number of benzene rings is 1. The Labute approximate surface area is 94.7 Å². The number of thioether (sulfide) groups is 1. The molecule has 2 unspecified atom stereocenters. The lowest BCUT2D eigenvalue weighted by atomic mass is 10.1. The van der Waals surface area contributed by atoms with Crippen molar-refractivity contribution in [1.29, 1.82) is 5.26 Å². The SMILES string of the molecule is CC1CCNC(c2ccccc2C#N)S1. The summed E-state index contributed by atoms with van der Waals surface area (Å²) in [5.41, 5.74) is 1.91. The predicted octanol–water partition coefficient (Wildman–Crippen LogP) is 2.67. The third-order valence-corrected chi connectivity index (χ3v) is 4.01. The number of nitriles is 1. The number of nitrogens with one attached hydrogen (secondary N) is 1. The predicted molar refractivity (Wildman–Crippen MR) is 63.6 cm³/mol. The Morgan fingerprint density at radius 3 is 3.00 bits per heavy atom. The second kappa shape index (κ2) is 4.69. The summed E-state index contributed by atoms with van der Waals surface area (Å²) in [5, 5.41) is 13.4. The van der Waals surface area contributed by atoms with Gasteiger partial charge in [-0.1, -0.05) is 25.1 Å². The number of hydrogen-bond donors (Lipinski definition) is 1. The van der Waals surface area contributed by atoms with Gasteiger partial charge in [0.05, 0.1) is 17.0 Å². The Bertz CT molecular complexity index is 383. The van der Waals surface area contributed by atoms with E-state index in [1.807, 2.05) is 36.0 Å². The molecule has 3 heteroatoms. The van der Waals surface area contributed by atoms with Gasteiger partial charge in [0.15, 0.2) is 0 Å². The highest BCUT2D eigenvalue weighted by atomic mass is 32.2. The summed E-state index contributed by atoms with van der Waals surface area (Å²) in [7, 11) is 0. The maximum atomic E-state index is 9.03. The molecule has 1 N–H and O–H groups in total. The van der Waals surface area contributed by atoms with E-state index in [2.05, 4.69) is 18.3 Å². The molecule has 1 saturated heterocycles. The molecule has 2 atom stereocenters. The second-order valence-electron chi connectivity index (χ2n) is 3.77. The molecule has 1 aliphatic rings. The average Bonchev–Trinajstić information content (AvgIpc) is 2.29. The van der Waals surface area contributed by atoms with Crippen molar-refractivity contribution in [3.8, 4) is 6.07 Å². The van der Waals surface area contributed by atoms with E-state index in [0.717, 1.165) is 17.7 Å². The zero-order valence-electron chi connectivity index (χ0n) is 8.73. The van der Waals surface area contributed by atoms with Gasteiger partial charge in [-0.2, -0.15) is 5.26 Å². The van der Waals surface area contributed by atoms with Crippen LogP contribution in [0.4, 0.5) is 0 Å². The fraction of sp³-hybridized carbons (Fsp3) is 0.417. The lowest BCUT2D eigenvalue weighted by molar-refractivity contribution is 0.605. The van der Waals surface area contributed by atoms with Crippen molar-refractivity contribution in [3.05, 3.63) is 35.4 Å². The van der Waals surface area contributed by atoms with Crippen LogP contribution in [0.15, 0.2) is 24.3 Å². The van der Waals surface area contributed by atoms with Crippen LogP contribution in [0.2, 0.25) is 0 Å². The van der Waals surface area contributed by atoms with E-state index in [1.165, 1.54) is 6.42 Å². The third-order valence-electron chi connectivity index (χ3n) is 2.61. The third kappa shape index (κ3) is 2.34. The molecule has 0 bridgehead atoms. The molecule has 0 aliphatic carbocycles. The highest BCUT2D eigenvalue weighted by Gasteiger charge is 2.21. The molecule has 0 amide bonds. The smallest absolute Gasteiger partial charge is 0.0995 e. The van der Waals surface area contributed by atoms with Crippen LogP contribution in [0, 0.1) is 11.3 Å². The molecular weight excluding hydrogens is 204 g/mol. The Hall–Kier alpha value is -0.980. The molecule has 15 heavy (non-hydrogen) atoms. The van der Waals surface area contributed by atoms with Gasteiger partial charge in [-0.15, -0.1) is 11.8 Å². The summed E-state index contributed by atoms with van der Waals surface area (Å²) in [6.45, 7) is 3.28. The Morgan fingerprint density at radius 2 is 2.27 bits per heavy atom. The van der Waals surface area contributed by atoms with Crippen molar-refractivity contribution in [2.45, 2.75) is 24.0 Å². The molecule has 1 fully saturated rings. The van der Waals surface area contributed by atoms with E-state index < -0.39 is 0 Å². The second-order valence-corrected chi connectivity index (χ2v) is 5.32. The first-order valence-corrected chi connectivity index (χ1v) is 6.13. The van der Waals surface area contributed by atoms with E-state index in [-0.39, 0.29) is 5.37 Å². The summed E-state index contributed by atoms with van der Waals surface area (Å²) in [4.78, 5) is 0. The lowest BCUT2D eigenvalue weighted by Crippen LogP contribution is -2.29. The van der Waals surface area contributed by atoms with Gasteiger partial charge in [-0.05, 0) is 24.6 Å². The van der Waals surface area contributed by atoms with Crippen molar-refractivity contribution in [3.63, 3.8) is 0 Å². The van der Waals surface area contributed by atoms with Crippen LogP contribution in [0.3, 0.4) is 0 Å². The van der Waals surface area contributed by atoms with Gasteiger partial charge in [0.1, 0.15) is 0 Å². The zero-order valence-corrected chi connectivity index (χ0v) is 9.55. The Balaban J connectivity index is 2.25. The molecule has 1 heterocycles. The number of hydrogen-bond acceptors (Lipinski definition) is 3. The molecule has 78 valence electrons. The Kier molecular flexibility index (Phi) is 3.30. The maximum Gasteiger partial charge on any atom is 0.0995 e. The molecule has 1 aromatic rings. The summed E-state index contributed by atoms with van der Waals surface area (Å²) < 4.78 is 0. The van der Waals surface area contributed by atoms with Gasteiger partial charge < -0.3 is 5.32 Å². The largest absolute Gasteiger partial charge is 0.302 e. The van der Waals surface area contributed by atoms with E-state index in [0.29, 0.717) is 5.25 Å². The minimum atomic E-state index is 0.282. The molecule has 0 saturated carbocycles. The first kappa shape index (κ1) is 10.5. The molecule has 2 nitrogen and oxygen atoms in total. The molecule has 0 aromatic heterocycles. The van der Waals surface area contributed by atoms with Crippen LogP contribution >= 0.6 is 11.8 Å². The van der Waals surface area contributed by atoms with Crippen molar-refractivity contribution in [2.24, 2.45) is 0 Å². The van der Waals surface area contributed by atoms with Crippen LogP contribution < -0.4 is 5.32 Å². The normalized spacial score (nSPS) is 25.9. The van der Waals surface area contributed by atoms with Crippen LogP contribution in [-0.4, -0.2) is 11.8 Å². The van der Waals surface area contributed by atoms with Gasteiger partial charge in [0.25, 0.3) is 0 Å². The maximum absolute atomic E-state index is 9.03. The van der Waals surface area contributed by atoms with E-state index in [1.54, 1.807) is 0 Å². The summed E-state index contributed by atoms with van der Waals surface area (Å²) >= 11 is 1.91. The minimum Gasteiger partial charge on any atom is -0.302 e. The van der Waals surface area contributed by atoms with Gasteiger partial charge in [0, 0.05) is 5.25 Å². The standard InChI is InChI=1S/C12H14N2S/c1-9-6-7-14-12(15-9)11-5-3-2-4-10(11)8-13/h2-5,9,12,14H,6-7H2,1H3. The Morgan fingerprint density at radius 1 is 1.47 bits per heavy atom. The number of rotatable bonds is 1. The zero-order chi connectivity index (χ0) is 10.7. The molecule has 1 aliphatic heterocycles. The summed E-state index contributed by atoms with van der Waals surface area (Å²) in [6, 6.07) is 10.1. The highest BCUT2D eigenvalue weighted by molar-refractivity contribution is 8.00. The van der Waals surface area contributed by atoms with Gasteiger partial charge in [0.2, 0.25) is 0 Å². The minimum absolute atomic E-state index is 0.282. The molecular formula is C12H14N2S. The molecule has 2 rings (SSSR count). The molecule has 1 aromatic carbocycles. The van der Waals surface area contributed by atoms with E-state index in [4.69, 9.17) is 5.26 Å². The van der Waals surface area contributed by atoms with Gasteiger partial charge in [-0.3, -0.25) is 0 Å². The van der Waals surface area contributed by atoms with E-state index in [9.17, 15) is 0 Å². The fourth-order valence-electron chi connectivity index (χ4n) is 1.78. The summed E-state index contributed by atoms with van der Waals surface area (Å²) in [6.07, 6.45) is 1.20. The fourth-order valence-corrected chi connectivity index (χ4v) is 3.06. The van der Waals surface area contributed by atoms with Gasteiger partial charge >= 0.3 is 0 Å². The van der Waals surface area contributed by atoms with Crippen molar-refractivity contribution < 1.29 is 0 Å².